The Hall–Kier alpha value is -3.18. The molecular formula is C29H35F3N3O2+. The number of hydrogen-bond acceptors (Lipinski definition) is 3. The summed E-state index contributed by atoms with van der Waals surface area (Å²) in [6.07, 6.45) is -1.35. The van der Waals surface area contributed by atoms with Gasteiger partial charge >= 0.3 is 12.1 Å². The summed E-state index contributed by atoms with van der Waals surface area (Å²) in [5.74, 6) is -0.621. The Kier molecular flexibility index (Phi) is 8.80. The van der Waals surface area contributed by atoms with Gasteiger partial charge in [-0.05, 0) is 36.5 Å². The van der Waals surface area contributed by atoms with Gasteiger partial charge < -0.3 is 5.73 Å². The van der Waals surface area contributed by atoms with Crippen LogP contribution in [0.4, 0.5) is 13.2 Å². The first-order valence-corrected chi connectivity index (χ1v) is 12.8. The zero-order valence-corrected chi connectivity index (χ0v) is 21.4. The van der Waals surface area contributed by atoms with Gasteiger partial charge in [-0.3, -0.25) is 4.79 Å². The summed E-state index contributed by atoms with van der Waals surface area (Å²) < 4.78 is 38.8. The van der Waals surface area contributed by atoms with Crippen molar-refractivity contribution in [2.24, 2.45) is 11.7 Å². The maximum absolute atomic E-state index is 13.6. The largest absolute Gasteiger partial charge is 0.416 e. The fourth-order valence-electron chi connectivity index (χ4n) is 5.71. The average molecular weight is 515 g/mol. The molecule has 2 amide bonds. The number of amides is 2. The van der Waals surface area contributed by atoms with E-state index in [0.717, 1.165) is 17.7 Å². The predicted octanol–water partition coefficient (Wildman–Crippen LogP) is 5.87. The Morgan fingerprint density at radius 3 is 2.24 bits per heavy atom. The van der Waals surface area contributed by atoms with Crippen molar-refractivity contribution in [3.8, 4) is 6.07 Å². The van der Waals surface area contributed by atoms with Gasteiger partial charge in [0.1, 0.15) is 6.54 Å². The molecule has 0 aromatic heterocycles. The van der Waals surface area contributed by atoms with Crippen LogP contribution in [-0.2, 0) is 27.7 Å². The molecule has 2 aromatic carbocycles. The molecule has 37 heavy (non-hydrogen) atoms. The number of hydrogen-bond donors (Lipinski definition) is 1. The molecular weight excluding hydrogens is 479 g/mol. The minimum absolute atomic E-state index is 0.0754. The van der Waals surface area contributed by atoms with E-state index < -0.39 is 29.1 Å². The van der Waals surface area contributed by atoms with Gasteiger partial charge in [0.05, 0.1) is 30.0 Å². The van der Waals surface area contributed by atoms with Gasteiger partial charge in [-0.1, -0.05) is 62.7 Å². The highest BCUT2D eigenvalue weighted by Gasteiger charge is 2.50. The number of primary amides is 1. The first-order valence-electron chi connectivity index (χ1n) is 12.8. The third-order valence-electron chi connectivity index (χ3n) is 7.89. The second-order valence-electron chi connectivity index (χ2n) is 10.4. The molecule has 8 heteroatoms. The van der Waals surface area contributed by atoms with Crippen LogP contribution in [0.3, 0.4) is 0 Å². The molecule has 5 nitrogen and oxygen atoms in total. The van der Waals surface area contributed by atoms with Crippen LogP contribution in [0.2, 0.25) is 0 Å². The van der Waals surface area contributed by atoms with Gasteiger partial charge in [-0.25, -0.2) is 9.28 Å². The van der Waals surface area contributed by atoms with E-state index in [1.807, 2.05) is 44.2 Å². The second kappa shape index (κ2) is 11.5. The van der Waals surface area contributed by atoms with Crippen LogP contribution in [0.1, 0.15) is 69.1 Å². The van der Waals surface area contributed by atoms with Crippen molar-refractivity contribution in [2.45, 2.75) is 76.6 Å². The fourth-order valence-corrected chi connectivity index (χ4v) is 5.71. The lowest BCUT2D eigenvalue weighted by Gasteiger charge is -2.36. The van der Waals surface area contributed by atoms with E-state index in [0.29, 0.717) is 44.2 Å². The molecule has 1 unspecified atom stereocenters. The topological polar surface area (TPSA) is 83.9 Å². The predicted molar refractivity (Wildman–Crippen MR) is 135 cm³/mol. The molecule has 3 rings (SSSR count). The highest BCUT2D eigenvalue weighted by Crippen LogP contribution is 2.38. The normalized spacial score (nSPS) is 21.4. The number of carbonyl (C=O) groups is 2. The molecule has 0 bridgehead atoms. The van der Waals surface area contributed by atoms with Crippen molar-refractivity contribution in [2.75, 3.05) is 6.54 Å². The molecule has 198 valence electrons. The minimum Gasteiger partial charge on any atom is -0.364 e. The second-order valence-corrected chi connectivity index (χ2v) is 10.4. The first-order chi connectivity index (χ1) is 17.5. The number of unbranched alkanes of at least 4 members (excludes halogenated alkanes) is 1. The van der Waals surface area contributed by atoms with E-state index in [1.54, 1.807) is 0 Å². The Morgan fingerprint density at radius 1 is 1.05 bits per heavy atom. The number of rotatable bonds is 10. The Bertz CT molecular complexity index is 1130. The van der Waals surface area contributed by atoms with Crippen molar-refractivity contribution in [3.63, 3.8) is 0 Å². The molecule has 2 aromatic rings. The van der Waals surface area contributed by atoms with Crippen LogP contribution in [-0.4, -0.2) is 28.9 Å². The molecule has 1 aliphatic rings. The lowest BCUT2D eigenvalue weighted by Crippen LogP contribution is -2.59. The van der Waals surface area contributed by atoms with Crippen LogP contribution < -0.4 is 5.73 Å². The molecule has 1 fully saturated rings. The molecule has 0 aliphatic carbocycles. The van der Waals surface area contributed by atoms with Crippen molar-refractivity contribution < 1.29 is 27.2 Å². The Balaban J connectivity index is 1.75. The van der Waals surface area contributed by atoms with Crippen LogP contribution in [0.15, 0.2) is 54.6 Å². The fraction of sp³-hybridized carbons (Fsp3) is 0.483. The summed E-state index contributed by atoms with van der Waals surface area (Å²) in [6, 6.07) is 16.2. The van der Waals surface area contributed by atoms with Crippen LogP contribution >= 0.6 is 0 Å². The Labute approximate surface area is 216 Å². The lowest BCUT2D eigenvalue weighted by atomic mass is 9.69. The van der Waals surface area contributed by atoms with E-state index in [2.05, 4.69) is 6.07 Å². The van der Waals surface area contributed by atoms with Crippen molar-refractivity contribution in [1.82, 2.24) is 0 Å². The van der Waals surface area contributed by atoms with Gasteiger partial charge in [0.15, 0.2) is 6.04 Å². The zero-order chi connectivity index (χ0) is 27.3. The van der Waals surface area contributed by atoms with Crippen LogP contribution in [0.5, 0.6) is 0 Å². The summed E-state index contributed by atoms with van der Waals surface area (Å²) in [6.45, 7) is 4.59. The van der Waals surface area contributed by atoms with E-state index in [4.69, 9.17) is 5.73 Å². The van der Waals surface area contributed by atoms with E-state index >= 15 is 0 Å². The molecule has 3 atom stereocenters. The molecule has 1 saturated heterocycles. The summed E-state index contributed by atoms with van der Waals surface area (Å²) in [4.78, 5) is 25.9. The van der Waals surface area contributed by atoms with Crippen molar-refractivity contribution in [1.29, 1.82) is 5.26 Å². The molecule has 0 radical (unpaired) electrons. The van der Waals surface area contributed by atoms with Gasteiger partial charge in [-0.15, -0.1) is 0 Å². The van der Waals surface area contributed by atoms with E-state index in [9.17, 15) is 28.0 Å². The Morgan fingerprint density at radius 2 is 1.70 bits per heavy atom. The minimum atomic E-state index is -4.45. The van der Waals surface area contributed by atoms with Crippen LogP contribution in [0, 0.1) is 17.2 Å². The standard InChI is InChI=1S/C29H34F3N3O2/c1-21(2)28(20-33,23-9-4-3-5-10-23)17-7-6-12-26(36)35(18-8-11-25(35)27(34)37)19-22-13-15-24(16-14-22)29(30,31)32/h3-5,9-10,13-16,21,25H,6-8,11-12,17-19H2,1-2H3,(H-,34,37)/p+1/t25?,28-,35+/m0/s1. The number of likely N-dealkylation sites (tertiary alicyclic amines) is 1. The number of nitrogens with zero attached hydrogens (tertiary/aromatic N) is 2. The third-order valence-corrected chi connectivity index (χ3v) is 7.89. The number of quaternary nitrogens is 1. The summed E-state index contributed by atoms with van der Waals surface area (Å²) in [5, 5.41) is 10.1. The number of halogens is 3. The molecule has 1 aliphatic heterocycles. The number of benzene rings is 2. The van der Waals surface area contributed by atoms with E-state index in [-0.39, 0.29) is 29.3 Å². The van der Waals surface area contributed by atoms with Gasteiger partial charge in [0.25, 0.3) is 5.91 Å². The molecule has 0 saturated carbocycles. The first kappa shape index (κ1) is 28.4. The molecule has 2 N–H and O–H groups in total. The third kappa shape index (κ3) is 6.04. The van der Waals surface area contributed by atoms with Gasteiger partial charge in [0, 0.05) is 18.4 Å². The van der Waals surface area contributed by atoms with Crippen molar-refractivity contribution >= 4 is 11.8 Å². The zero-order valence-electron chi connectivity index (χ0n) is 21.4. The number of alkyl halides is 3. The average Bonchev–Trinajstić information content (AvgIpc) is 3.29. The van der Waals surface area contributed by atoms with Crippen molar-refractivity contribution in [3.05, 3.63) is 71.3 Å². The number of nitriles is 1. The monoisotopic (exact) mass is 514 g/mol. The van der Waals surface area contributed by atoms with Crippen LogP contribution in [0.25, 0.3) is 0 Å². The summed E-state index contributed by atoms with van der Waals surface area (Å²) in [7, 11) is 0. The van der Waals surface area contributed by atoms with Gasteiger partial charge in [0.2, 0.25) is 0 Å². The van der Waals surface area contributed by atoms with Gasteiger partial charge in [-0.2, -0.15) is 18.4 Å². The smallest absolute Gasteiger partial charge is 0.364 e. The number of carbonyl (C=O) groups excluding carboxylic acids is 2. The molecule has 1 heterocycles. The highest BCUT2D eigenvalue weighted by molar-refractivity contribution is 5.82. The molecule has 0 spiro atoms. The van der Waals surface area contributed by atoms with E-state index in [1.165, 1.54) is 12.1 Å². The number of nitrogens with two attached hydrogens (primary N) is 1. The highest BCUT2D eigenvalue weighted by atomic mass is 19.4. The maximum Gasteiger partial charge on any atom is 0.416 e. The lowest BCUT2D eigenvalue weighted by molar-refractivity contribution is -0.871. The quantitative estimate of drug-likeness (QED) is 0.318. The maximum atomic E-state index is 13.6. The summed E-state index contributed by atoms with van der Waals surface area (Å²) in [5.41, 5.74) is 5.77. The SMILES string of the molecule is CC(C)[C@@](C#N)(CCCCC(=O)[N@@+]1(Cc2ccc(C(F)(F)F)cc2)CCCC1C(N)=O)c1ccccc1. The summed E-state index contributed by atoms with van der Waals surface area (Å²) >= 11 is 0.